The fourth-order valence-corrected chi connectivity index (χ4v) is 2.86. The molecule has 0 aliphatic carbocycles. The molecule has 130 valence electrons. The van der Waals surface area contributed by atoms with Crippen molar-refractivity contribution in [3.63, 3.8) is 0 Å². The Hall–Kier alpha value is -2.23. The largest absolute Gasteiger partial charge is 0.419 e. The third-order valence-corrected chi connectivity index (χ3v) is 4.85. The van der Waals surface area contributed by atoms with Crippen molar-refractivity contribution in [1.29, 1.82) is 0 Å². The molecule has 2 aromatic rings. The quantitative estimate of drug-likeness (QED) is 0.875. The van der Waals surface area contributed by atoms with E-state index in [9.17, 15) is 18.0 Å². The van der Waals surface area contributed by atoms with Crippen molar-refractivity contribution in [2.45, 2.75) is 39.3 Å². The Morgan fingerprint density at radius 3 is 2.33 bits per heavy atom. The standard InChI is InChI=1S/C14H16F3N5OS/c1-6-8(14(15,16)17)5-19-12(21-6)22-9-7(2)20-11(24-9)13(3,4)10(18)23/h5H,1-4H3,(H2,18,23)(H,19,21,22). The number of alkyl halides is 3. The molecule has 2 rings (SSSR count). The third kappa shape index (κ3) is 3.48. The summed E-state index contributed by atoms with van der Waals surface area (Å²) in [5.41, 5.74) is 3.92. The first-order chi connectivity index (χ1) is 10.9. The molecular weight excluding hydrogens is 343 g/mol. The number of anilines is 2. The minimum atomic E-state index is -4.50. The number of amides is 1. The summed E-state index contributed by atoms with van der Waals surface area (Å²) in [7, 11) is 0. The van der Waals surface area contributed by atoms with Crippen molar-refractivity contribution in [2.24, 2.45) is 5.73 Å². The number of aromatic nitrogens is 3. The second-order valence-electron chi connectivity index (χ2n) is 5.74. The number of thiazole rings is 1. The maximum Gasteiger partial charge on any atom is 0.419 e. The van der Waals surface area contributed by atoms with Crippen molar-refractivity contribution >= 4 is 28.2 Å². The summed E-state index contributed by atoms with van der Waals surface area (Å²) < 4.78 is 38.2. The van der Waals surface area contributed by atoms with E-state index in [1.165, 1.54) is 18.3 Å². The third-order valence-electron chi connectivity index (χ3n) is 3.46. The van der Waals surface area contributed by atoms with Crippen molar-refractivity contribution in [3.05, 3.63) is 28.2 Å². The highest BCUT2D eigenvalue weighted by atomic mass is 32.1. The van der Waals surface area contributed by atoms with E-state index in [1.54, 1.807) is 20.8 Å². The average Bonchev–Trinajstić information content (AvgIpc) is 2.79. The number of nitrogens with one attached hydrogen (secondary N) is 1. The van der Waals surface area contributed by atoms with Crippen molar-refractivity contribution in [2.75, 3.05) is 5.32 Å². The molecule has 2 aromatic heterocycles. The minimum Gasteiger partial charge on any atom is -0.369 e. The van der Waals surface area contributed by atoms with Gasteiger partial charge in [0, 0.05) is 6.20 Å². The smallest absolute Gasteiger partial charge is 0.369 e. The van der Waals surface area contributed by atoms with Gasteiger partial charge in [-0.25, -0.2) is 15.0 Å². The monoisotopic (exact) mass is 359 g/mol. The van der Waals surface area contributed by atoms with Crippen LogP contribution in [0.1, 0.15) is 35.8 Å². The number of nitrogens with two attached hydrogens (primary N) is 1. The first kappa shape index (κ1) is 18.1. The van der Waals surface area contributed by atoms with E-state index in [4.69, 9.17) is 5.73 Å². The number of rotatable bonds is 4. The highest BCUT2D eigenvalue weighted by molar-refractivity contribution is 7.16. The molecule has 0 aliphatic heterocycles. The number of hydrogen-bond donors (Lipinski definition) is 2. The Morgan fingerprint density at radius 2 is 1.83 bits per heavy atom. The zero-order chi connectivity index (χ0) is 18.3. The average molecular weight is 359 g/mol. The molecule has 0 aromatic carbocycles. The minimum absolute atomic E-state index is 0.0238. The number of aryl methyl sites for hydroxylation is 2. The van der Waals surface area contributed by atoms with E-state index in [-0.39, 0.29) is 11.6 Å². The summed E-state index contributed by atoms with van der Waals surface area (Å²) in [6.07, 6.45) is -3.77. The van der Waals surface area contributed by atoms with Gasteiger partial charge in [-0.1, -0.05) is 11.3 Å². The fraction of sp³-hybridized carbons (Fsp3) is 0.429. The topological polar surface area (TPSA) is 93.8 Å². The molecule has 0 radical (unpaired) electrons. The predicted molar refractivity (Wildman–Crippen MR) is 84.1 cm³/mol. The first-order valence-electron chi connectivity index (χ1n) is 6.88. The van der Waals surface area contributed by atoms with Crippen LogP contribution in [0, 0.1) is 13.8 Å². The normalized spacial score (nSPS) is 12.3. The second-order valence-corrected chi connectivity index (χ2v) is 6.74. The summed E-state index contributed by atoms with van der Waals surface area (Å²) in [5.74, 6) is -0.500. The molecule has 0 saturated carbocycles. The molecule has 24 heavy (non-hydrogen) atoms. The van der Waals surface area contributed by atoms with Gasteiger partial charge in [0.2, 0.25) is 11.9 Å². The van der Waals surface area contributed by atoms with E-state index in [1.807, 2.05) is 0 Å². The Labute approximate surface area is 140 Å². The second kappa shape index (κ2) is 6.00. The van der Waals surface area contributed by atoms with E-state index in [2.05, 4.69) is 20.3 Å². The van der Waals surface area contributed by atoms with Crippen LogP contribution in [-0.4, -0.2) is 20.9 Å². The summed E-state index contributed by atoms with van der Waals surface area (Å²) in [6.45, 7) is 6.26. The Bertz CT molecular complexity index is 785. The first-order valence-corrected chi connectivity index (χ1v) is 7.70. The van der Waals surface area contributed by atoms with E-state index >= 15 is 0 Å². The van der Waals surface area contributed by atoms with Gasteiger partial charge >= 0.3 is 6.18 Å². The zero-order valence-corrected chi connectivity index (χ0v) is 14.3. The summed E-state index contributed by atoms with van der Waals surface area (Å²) >= 11 is 1.18. The summed E-state index contributed by atoms with van der Waals surface area (Å²) in [6, 6.07) is 0. The van der Waals surface area contributed by atoms with Gasteiger partial charge in [-0.3, -0.25) is 4.79 Å². The van der Waals surface area contributed by atoms with Crippen molar-refractivity contribution in [1.82, 2.24) is 15.0 Å². The molecule has 6 nitrogen and oxygen atoms in total. The Kier molecular flexibility index (Phi) is 4.53. The number of nitrogens with zero attached hydrogens (tertiary/aromatic N) is 3. The number of halogens is 3. The van der Waals surface area contributed by atoms with Gasteiger partial charge in [0.1, 0.15) is 10.0 Å². The van der Waals surface area contributed by atoms with Gasteiger partial charge < -0.3 is 11.1 Å². The molecule has 2 heterocycles. The zero-order valence-electron chi connectivity index (χ0n) is 13.4. The van der Waals surface area contributed by atoms with Gasteiger partial charge in [-0.2, -0.15) is 13.2 Å². The summed E-state index contributed by atoms with van der Waals surface area (Å²) in [4.78, 5) is 23.3. The molecule has 0 fully saturated rings. The molecule has 0 spiro atoms. The van der Waals surface area contributed by atoms with E-state index in [0.29, 0.717) is 15.7 Å². The highest BCUT2D eigenvalue weighted by Gasteiger charge is 2.34. The van der Waals surface area contributed by atoms with Crippen LogP contribution in [0.4, 0.5) is 24.1 Å². The Morgan fingerprint density at radius 1 is 1.21 bits per heavy atom. The molecule has 1 amide bonds. The van der Waals surface area contributed by atoms with Crippen LogP contribution in [0.25, 0.3) is 0 Å². The lowest BCUT2D eigenvalue weighted by atomic mass is 9.94. The molecule has 3 N–H and O–H groups in total. The molecule has 0 bridgehead atoms. The van der Waals surface area contributed by atoms with Crippen LogP contribution in [0.5, 0.6) is 0 Å². The van der Waals surface area contributed by atoms with Crippen molar-refractivity contribution < 1.29 is 18.0 Å². The van der Waals surface area contributed by atoms with Crippen LogP contribution in [0.2, 0.25) is 0 Å². The molecule has 0 saturated heterocycles. The lowest BCUT2D eigenvalue weighted by molar-refractivity contribution is -0.138. The number of primary amides is 1. The van der Waals surface area contributed by atoms with E-state index in [0.717, 1.165) is 6.20 Å². The van der Waals surface area contributed by atoms with Gasteiger partial charge in [0.25, 0.3) is 0 Å². The maximum absolute atomic E-state index is 12.7. The molecule has 0 unspecified atom stereocenters. The Balaban J connectivity index is 2.31. The van der Waals surface area contributed by atoms with Crippen LogP contribution in [-0.2, 0) is 16.4 Å². The molecular formula is C14H16F3N5OS. The maximum atomic E-state index is 12.7. The fourth-order valence-electron chi connectivity index (χ4n) is 1.79. The van der Waals surface area contributed by atoms with Crippen LogP contribution in [0.15, 0.2) is 6.20 Å². The SMILES string of the molecule is Cc1nc(Nc2sc(C(C)(C)C(N)=O)nc2C)ncc1C(F)(F)F. The molecule has 0 aliphatic rings. The lowest BCUT2D eigenvalue weighted by Crippen LogP contribution is -2.35. The number of carbonyl (C=O) groups is 1. The van der Waals surface area contributed by atoms with Crippen LogP contribution >= 0.6 is 11.3 Å². The van der Waals surface area contributed by atoms with Gasteiger partial charge in [-0.05, 0) is 27.7 Å². The van der Waals surface area contributed by atoms with Gasteiger partial charge in [0.05, 0.1) is 22.4 Å². The summed E-state index contributed by atoms with van der Waals surface area (Å²) in [5, 5.41) is 3.88. The van der Waals surface area contributed by atoms with Gasteiger partial charge in [0.15, 0.2) is 0 Å². The molecule has 10 heteroatoms. The number of carbonyl (C=O) groups excluding carboxylic acids is 1. The predicted octanol–water partition coefficient (Wildman–Crippen LogP) is 3.08. The van der Waals surface area contributed by atoms with Crippen molar-refractivity contribution in [3.8, 4) is 0 Å². The lowest BCUT2D eigenvalue weighted by Gasteiger charge is -2.16. The van der Waals surface area contributed by atoms with E-state index < -0.39 is 23.1 Å². The van der Waals surface area contributed by atoms with Gasteiger partial charge in [-0.15, -0.1) is 0 Å². The van der Waals surface area contributed by atoms with Crippen LogP contribution in [0.3, 0.4) is 0 Å². The number of hydrogen-bond acceptors (Lipinski definition) is 6. The molecule has 0 atom stereocenters. The van der Waals surface area contributed by atoms with Crippen LogP contribution < -0.4 is 11.1 Å². The highest BCUT2D eigenvalue weighted by Crippen LogP contribution is 2.35.